The number of aromatic nitrogens is 3. The van der Waals surface area contributed by atoms with Crippen LogP contribution in [-0.2, 0) is 0 Å². The Morgan fingerprint density at radius 2 is 2.04 bits per heavy atom. The Hall–Kier alpha value is -3.87. The summed E-state index contributed by atoms with van der Waals surface area (Å²) in [6, 6.07) is 9.39. The second kappa shape index (κ2) is 6.80. The topological polar surface area (TPSA) is 101 Å². The third-order valence-electron chi connectivity index (χ3n) is 3.38. The molecule has 136 valence electrons. The molecule has 0 atom stereocenters. The van der Waals surface area contributed by atoms with Gasteiger partial charge in [-0.25, -0.2) is 9.48 Å². The lowest BCUT2D eigenvalue weighted by Gasteiger charge is -2.12. The van der Waals surface area contributed by atoms with Crippen LogP contribution in [0.3, 0.4) is 0 Å². The van der Waals surface area contributed by atoms with Gasteiger partial charge in [0, 0.05) is 11.8 Å². The lowest BCUT2D eigenvalue weighted by atomic mass is 10.1. The minimum Gasteiger partial charge on any atom is -0.476 e. The van der Waals surface area contributed by atoms with Gasteiger partial charge in [-0.1, -0.05) is 0 Å². The number of aromatic carboxylic acids is 1. The van der Waals surface area contributed by atoms with Crippen molar-refractivity contribution in [2.75, 3.05) is 0 Å². The minimum atomic E-state index is -4.94. The fourth-order valence-corrected chi connectivity index (χ4v) is 2.37. The summed E-state index contributed by atoms with van der Waals surface area (Å²) in [5.74, 6) is -1.92. The van der Waals surface area contributed by atoms with Gasteiger partial charge in [-0.05, 0) is 36.4 Å². The molecular formula is C17H9F3N4O3. The number of benzene rings is 1. The monoisotopic (exact) mass is 374 g/mol. The second-order valence-electron chi connectivity index (χ2n) is 5.25. The fraction of sp³-hybridized carbons (Fsp3) is 0.0588. The van der Waals surface area contributed by atoms with Gasteiger partial charge in [0.15, 0.2) is 5.69 Å². The Labute approximate surface area is 149 Å². The van der Waals surface area contributed by atoms with E-state index in [0.29, 0.717) is 5.69 Å². The predicted octanol–water partition coefficient (Wildman–Crippen LogP) is 3.40. The van der Waals surface area contributed by atoms with E-state index in [2.05, 4.69) is 14.8 Å². The number of hydrogen-bond acceptors (Lipinski definition) is 5. The predicted molar refractivity (Wildman–Crippen MR) is 85.2 cm³/mol. The summed E-state index contributed by atoms with van der Waals surface area (Å²) in [5, 5.41) is 22.3. The molecule has 0 aliphatic rings. The number of pyridine rings is 1. The first-order valence-corrected chi connectivity index (χ1v) is 7.32. The maximum atomic E-state index is 12.6. The lowest BCUT2D eigenvalue weighted by Crippen LogP contribution is -2.17. The molecule has 0 fully saturated rings. The zero-order valence-electron chi connectivity index (χ0n) is 13.3. The van der Waals surface area contributed by atoms with E-state index in [0.717, 1.165) is 12.1 Å². The zero-order valence-corrected chi connectivity index (χ0v) is 13.3. The first-order chi connectivity index (χ1) is 12.8. The number of hydrogen-bond donors (Lipinski definition) is 1. The smallest absolute Gasteiger partial charge is 0.476 e. The molecule has 0 bridgehead atoms. The summed E-state index contributed by atoms with van der Waals surface area (Å²) in [5.41, 5.74) is 0.249. The molecule has 10 heteroatoms. The molecule has 0 saturated carbocycles. The summed E-state index contributed by atoms with van der Waals surface area (Å²) < 4.78 is 42.8. The summed E-state index contributed by atoms with van der Waals surface area (Å²) >= 11 is 0. The zero-order chi connectivity index (χ0) is 19.6. The summed E-state index contributed by atoms with van der Waals surface area (Å²) in [6.07, 6.45) is -2.04. The van der Waals surface area contributed by atoms with E-state index in [1.165, 1.54) is 29.2 Å². The van der Waals surface area contributed by atoms with Crippen molar-refractivity contribution in [3.05, 3.63) is 60.0 Å². The molecule has 27 heavy (non-hydrogen) atoms. The number of halogens is 3. The average molecular weight is 374 g/mol. The number of rotatable bonds is 4. The van der Waals surface area contributed by atoms with Gasteiger partial charge in [0.2, 0.25) is 0 Å². The summed E-state index contributed by atoms with van der Waals surface area (Å²) in [6.45, 7) is 0. The Morgan fingerprint density at radius 1 is 1.26 bits per heavy atom. The van der Waals surface area contributed by atoms with Crippen molar-refractivity contribution in [1.29, 1.82) is 5.26 Å². The maximum absolute atomic E-state index is 12.6. The van der Waals surface area contributed by atoms with Gasteiger partial charge in [0.1, 0.15) is 5.75 Å². The summed E-state index contributed by atoms with van der Waals surface area (Å²) in [7, 11) is 0. The van der Waals surface area contributed by atoms with E-state index in [4.69, 9.17) is 5.26 Å². The van der Waals surface area contributed by atoms with E-state index in [-0.39, 0.29) is 22.5 Å². The first-order valence-electron chi connectivity index (χ1n) is 7.32. The molecule has 3 rings (SSSR count). The number of carbonyl (C=O) groups is 1. The largest absolute Gasteiger partial charge is 0.573 e. The molecule has 1 N–H and O–H groups in total. The number of carboxylic acid groups (broad SMARTS) is 1. The SMILES string of the molecule is N#Cc1cc(OC(F)(F)F)cc(-c2cc(C(=O)O)nn2-c2cccnc2)c1. The van der Waals surface area contributed by atoms with Crippen molar-refractivity contribution in [2.45, 2.75) is 6.36 Å². The third-order valence-corrected chi connectivity index (χ3v) is 3.38. The number of carboxylic acids is 1. The molecule has 0 radical (unpaired) electrons. The molecule has 3 aromatic rings. The van der Waals surface area contributed by atoms with Crippen LogP contribution in [-0.4, -0.2) is 32.2 Å². The molecule has 0 amide bonds. The number of nitriles is 1. The highest BCUT2D eigenvalue weighted by Crippen LogP contribution is 2.31. The molecule has 2 aromatic heterocycles. The molecule has 0 saturated heterocycles. The molecule has 1 aromatic carbocycles. The first kappa shape index (κ1) is 17.9. The standard InChI is InChI=1S/C17H9F3N4O3/c18-17(19,20)27-13-5-10(8-21)4-11(6-13)15-7-14(16(25)26)23-24(15)12-2-1-3-22-9-12/h1-7,9H,(H,25,26). The van der Waals surface area contributed by atoms with Crippen LogP contribution < -0.4 is 4.74 Å². The van der Waals surface area contributed by atoms with E-state index < -0.39 is 18.1 Å². The Bertz CT molecular complexity index is 1040. The van der Waals surface area contributed by atoms with Crippen LogP contribution in [0.25, 0.3) is 16.9 Å². The van der Waals surface area contributed by atoms with Crippen molar-refractivity contribution in [3.63, 3.8) is 0 Å². The Kier molecular flexibility index (Phi) is 4.51. The highest BCUT2D eigenvalue weighted by Gasteiger charge is 2.31. The molecule has 0 aliphatic heterocycles. The van der Waals surface area contributed by atoms with Gasteiger partial charge in [0.25, 0.3) is 0 Å². The van der Waals surface area contributed by atoms with Crippen LogP contribution in [0.15, 0.2) is 48.8 Å². The molecular weight excluding hydrogens is 365 g/mol. The van der Waals surface area contributed by atoms with Crippen LogP contribution in [0, 0.1) is 11.3 Å². The van der Waals surface area contributed by atoms with Gasteiger partial charge >= 0.3 is 12.3 Å². The Balaban J connectivity index is 2.20. The van der Waals surface area contributed by atoms with Gasteiger partial charge in [0.05, 0.1) is 29.2 Å². The Morgan fingerprint density at radius 3 is 2.63 bits per heavy atom. The normalized spacial score (nSPS) is 11.0. The average Bonchev–Trinajstić information content (AvgIpc) is 3.06. The minimum absolute atomic E-state index is 0.0949. The quantitative estimate of drug-likeness (QED) is 0.751. The van der Waals surface area contributed by atoms with E-state index in [9.17, 15) is 23.1 Å². The van der Waals surface area contributed by atoms with Crippen molar-refractivity contribution in [2.24, 2.45) is 0 Å². The van der Waals surface area contributed by atoms with E-state index >= 15 is 0 Å². The van der Waals surface area contributed by atoms with Gasteiger partial charge < -0.3 is 9.84 Å². The van der Waals surface area contributed by atoms with Crippen molar-refractivity contribution >= 4 is 5.97 Å². The van der Waals surface area contributed by atoms with Crippen molar-refractivity contribution in [3.8, 4) is 28.8 Å². The number of alkyl halides is 3. The van der Waals surface area contributed by atoms with E-state index in [1.54, 1.807) is 18.2 Å². The van der Waals surface area contributed by atoms with Crippen LogP contribution >= 0.6 is 0 Å². The second-order valence-corrected chi connectivity index (χ2v) is 5.25. The van der Waals surface area contributed by atoms with Crippen molar-refractivity contribution < 1.29 is 27.8 Å². The summed E-state index contributed by atoms with van der Waals surface area (Å²) in [4.78, 5) is 15.2. The van der Waals surface area contributed by atoms with Crippen LogP contribution in [0.2, 0.25) is 0 Å². The molecule has 2 heterocycles. The number of ether oxygens (including phenoxy) is 1. The molecule has 0 spiro atoms. The van der Waals surface area contributed by atoms with Crippen molar-refractivity contribution in [1.82, 2.24) is 14.8 Å². The fourth-order valence-electron chi connectivity index (χ4n) is 2.37. The number of nitrogens with zero attached hydrogens (tertiary/aromatic N) is 4. The van der Waals surface area contributed by atoms with Gasteiger partial charge in [-0.3, -0.25) is 4.98 Å². The van der Waals surface area contributed by atoms with E-state index in [1.807, 2.05) is 0 Å². The lowest BCUT2D eigenvalue weighted by molar-refractivity contribution is -0.274. The highest BCUT2D eigenvalue weighted by atomic mass is 19.4. The van der Waals surface area contributed by atoms with Gasteiger partial charge in [-0.2, -0.15) is 10.4 Å². The highest BCUT2D eigenvalue weighted by molar-refractivity contribution is 5.87. The third kappa shape index (κ3) is 4.04. The molecule has 7 nitrogen and oxygen atoms in total. The van der Waals surface area contributed by atoms with Crippen LogP contribution in [0.5, 0.6) is 5.75 Å². The van der Waals surface area contributed by atoms with Crippen LogP contribution in [0.1, 0.15) is 16.1 Å². The maximum Gasteiger partial charge on any atom is 0.573 e. The van der Waals surface area contributed by atoms with Gasteiger partial charge in [-0.15, -0.1) is 13.2 Å². The van der Waals surface area contributed by atoms with Crippen LogP contribution in [0.4, 0.5) is 13.2 Å². The molecule has 0 aliphatic carbocycles. The molecule has 0 unspecified atom stereocenters.